The first-order chi connectivity index (χ1) is 12.1. The van der Waals surface area contributed by atoms with E-state index in [0.29, 0.717) is 17.6 Å². The van der Waals surface area contributed by atoms with E-state index in [0.717, 1.165) is 39.0 Å². The van der Waals surface area contributed by atoms with Crippen molar-refractivity contribution in [1.82, 2.24) is 15.5 Å². The van der Waals surface area contributed by atoms with Gasteiger partial charge in [0.25, 0.3) is 5.91 Å². The van der Waals surface area contributed by atoms with Crippen molar-refractivity contribution in [1.29, 1.82) is 0 Å². The number of fused-ring (bicyclic) bond motifs is 1. The minimum atomic E-state index is -0.525. The van der Waals surface area contributed by atoms with Gasteiger partial charge in [0.05, 0.1) is 0 Å². The molecule has 0 bridgehead atoms. The van der Waals surface area contributed by atoms with E-state index in [1.54, 1.807) is 19.1 Å². The number of carbonyl (C=O) groups excluding carboxylic acids is 2. The van der Waals surface area contributed by atoms with E-state index in [1.165, 1.54) is 0 Å². The molecule has 0 saturated carbocycles. The Morgan fingerprint density at radius 1 is 1.19 bits per heavy atom. The van der Waals surface area contributed by atoms with Crippen LogP contribution >= 0.6 is 12.4 Å². The number of amides is 2. The molecule has 2 fully saturated rings. The Hall–Kier alpha value is -1.79. The number of carbonyl (C=O) groups is 2. The van der Waals surface area contributed by atoms with Crippen LogP contribution < -0.4 is 15.4 Å². The highest BCUT2D eigenvalue weighted by Crippen LogP contribution is 2.27. The number of para-hydroxylation sites is 1. The van der Waals surface area contributed by atoms with Crippen molar-refractivity contribution in [2.24, 2.45) is 11.8 Å². The Labute approximate surface area is 161 Å². The zero-order valence-electron chi connectivity index (χ0n) is 15.1. The molecule has 2 amide bonds. The molecule has 7 heteroatoms. The third kappa shape index (κ3) is 5.35. The maximum absolute atomic E-state index is 12.6. The van der Waals surface area contributed by atoms with Gasteiger partial charge in [-0.3, -0.25) is 9.59 Å². The normalized spacial score (nSPS) is 23.2. The second kappa shape index (κ2) is 9.78. The molecule has 1 aromatic rings. The van der Waals surface area contributed by atoms with Crippen molar-refractivity contribution in [3.63, 3.8) is 0 Å². The average molecular weight is 382 g/mol. The number of benzene rings is 1. The van der Waals surface area contributed by atoms with E-state index >= 15 is 0 Å². The lowest BCUT2D eigenvalue weighted by molar-refractivity contribution is -0.136. The summed E-state index contributed by atoms with van der Waals surface area (Å²) in [6.07, 6.45) is 2.09. The standard InChI is InChI=1S/C19H27N3O3.ClH/c1-14(21-18(23)13-25-17-5-3-2-4-6-17)19(24)22-9-7-15-11-20-12-16(15)8-10-22;/h2-6,14-16,20H,7-13H2,1H3,(H,21,23);1H/t14?,15-,16+;. The fourth-order valence-electron chi connectivity index (χ4n) is 3.72. The summed E-state index contributed by atoms with van der Waals surface area (Å²) in [5.74, 6) is 1.73. The van der Waals surface area contributed by atoms with Crippen molar-refractivity contribution in [3.05, 3.63) is 30.3 Å². The Morgan fingerprint density at radius 3 is 2.42 bits per heavy atom. The number of hydrogen-bond acceptors (Lipinski definition) is 4. The smallest absolute Gasteiger partial charge is 0.258 e. The minimum Gasteiger partial charge on any atom is -0.484 e. The van der Waals surface area contributed by atoms with Gasteiger partial charge in [0.15, 0.2) is 6.61 Å². The summed E-state index contributed by atoms with van der Waals surface area (Å²) >= 11 is 0. The van der Waals surface area contributed by atoms with Crippen LogP contribution in [0.5, 0.6) is 5.75 Å². The van der Waals surface area contributed by atoms with Gasteiger partial charge in [-0.25, -0.2) is 0 Å². The fourth-order valence-corrected chi connectivity index (χ4v) is 3.72. The molecular formula is C19H28ClN3O3. The highest BCUT2D eigenvalue weighted by Gasteiger charge is 2.32. The van der Waals surface area contributed by atoms with Gasteiger partial charge in [0, 0.05) is 13.1 Å². The van der Waals surface area contributed by atoms with Crippen LogP contribution in [0.25, 0.3) is 0 Å². The molecule has 2 aliphatic rings. The van der Waals surface area contributed by atoms with Gasteiger partial charge in [-0.05, 0) is 56.8 Å². The van der Waals surface area contributed by atoms with Gasteiger partial charge < -0.3 is 20.3 Å². The van der Waals surface area contributed by atoms with Gasteiger partial charge in [-0.2, -0.15) is 0 Å². The second-order valence-electron chi connectivity index (χ2n) is 6.97. The Morgan fingerprint density at radius 2 is 1.81 bits per heavy atom. The lowest BCUT2D eigenvalue weighted by Gasteiger charge is -2.25. The summed E-state index contributed by atoms with van der Waals surface area (Å²) in [4.78, 5) is 26.6. The molecule has 3 rings (SSSR count). The molecule has 2 saturated heterocycles. The van der Waals surface area contributed by atoms with E-state index < -0.39 is 6.04 Å². The van der Waals surface area contributed by atoms with Crippen molar-refractivity contribution in [2.75, 3.05) is 32.8 Å². The molecule has 1 unspecified atom stereocenters. The predicted octanol–water partition coefficient (Wildman–Crippen LogP) is 1.45. The van der Waals surface area contributed by atoms with E-state index in [4.69, 9.17) is 4.74 Å². The molecule has 0 radical (unpaired) electrons. The molecule has 0 aliphatic carbocycles. The average Bonchev–Trinajstić information content (AvgIpc) is 2.98. The SMILES string of the molecule is CC(NC(=O)COc1ccccc1)C(=O)N1CC[C@@H]2CNC[C@@H]2CC1.Cl. The van der Waals surface area contributed by atoms with Gasteiger partial charge >= 0.3 is 0 Å². The summed E-state index contributed by atoms with van der Waals surface area (Å²) in [5, 5.41) is 6.19. The van der Waals surface area contributed by atoms with Gasteiger partial charge in [0.2, 0.25) is 5.91 Å². The van der Waals surface area contributed by atoms with Gasteiger partial charge in [-0.1, -0.05) is 18.2 Å². The monoisotopic (exact) mass is 381 g/mol. The first kappa shape index (κ1) is 20.5. The summed E-state index contributed by atoms with van der Waals surface area (Å²) in [5.41, 5.74) is 0. The van der Waals surface area contributed by atoms with Crippen LogP contribution in [-0.4, -0.2) is 55.5 Å². The molecule has 26 heavy (non-hydrogen) atoms. The van der Waals surface area contributed by atoms with Crippen LogP contribution in [0.2, 0.25) is 0 Å². The third-order valence-corrected chi connectivity index (χ3v) is 5.19. The highest BCUT2D eigenvalue weighted by molar-refractivity contribution is 5.87. The molecule has 6 nitrogen and oxygen atoms in total. The molecular weight excluding hydrogens is 354 g/mol. The van der Waals surface area contributed by atoms with E-state index in [1.807, 2.05) is 23.1 Å². The summed E-state index contributed by atoms with van der Waals surface area (Å²) < 4.78 is 5.42. The highest BCUT2D eigenvalue weighted by atomic mass is 35.5. The van der Waals surface area contributed by atoms with Crippen LogP contribution in [0, 0.1) is 11.8 Å². The number of rotatable bonds is 5. The van der Waals surface area contributed by atoms with Crippen molar-refractivity contribution in [2.45, 2.75) is 25.8 Å². The lowest BCUT2D eigenvalue weighted by atomic mass is 9.92. The Balaban J connectivity index is 0.00000243. The fraction of sp³-hybridized carbons (Fsp3) is 0.579. The van der Waals surface area contributed by atoms with Crippen LogP contribution in [-0.2, 0) is 9.59 Å². The minimum absolute atomic E-state index is 0. The van der Waals surface area contributed by atoms with Crippen LogP contribution in [0.4, 0.5) is 0 Å². The molecule has 2 heterocycles. The van der Waals surface area contributed by atoms with Crippen molar-refractivity contribution < 1.29 is 14.3 Å². The van der Waals surface area contributed by atoms with Crippen LogP contribution in [0.3, 0.4) is 0 Å². The van der Waals surface area contributed by atoms with Crippen molar-refractivity contribution >= 4 is 24.2 Å². The number of likely N-dealkylation sites (tertiary alicyclic amines) is 1. The first-order valence-electron chi connectivity index (χ1n) is 9.10. The number of hydrogen-bond donors (Lipinski definition) is 2. The largest absolute Gasteiger partial charge is 0.484 e. The zero-order chi connectivity index (χ0) is 17.6. The molecule has 3 atom stereocenters. The summed E-state index contributed by atoms with van der Waals surface area (Å²) in [6, 6.07) is 8.66. The van der Waals surface area contributed by atoms with E-state index in [2.05, 4.69) is 10.6 Å². The Bertz CT molecular complexity index is 585. The maximum atomic E-state index is 12.6. The zero-order valence-corrected chi connectivity index (χ0v) is 16.0. The maximum Gasteiger partial charge on any atom is 0.258 e. The molecule has 2 aliphatic heterocycles. The van der Waals surface area contributed by atoms with Gasteiger partial charge in [-0.15, -0.1) is 12.4 Å². The first-order valence-corrected chi connectivity index (χ1v) is 9.10. The lowest BCUT2D eigenvalue weighted by Crippen LogP contribution is -2.48. The predicted molar refractivity (Wildman–Crippen MR) is 102 cm³/mol. The van der Waals surface area contributed by atoms with Crippen molar-refractivity contribution in [3.8, 4) is 5.75 Å². The molecule has 0 spiro atoms. The number of nitrogens with one attached hydrogen (secondary N) is 2. The second-order valence-corrected chi connectivity index (χ2v) is 6.97. The third-order valence-electron chi connectivity index (χ3n) is 5.19. The molecule has 144 valence electrons. The molecule has 1 aromatic carbocycles. The molecule has 0 aromatic heterocycles. The van der Waals surface area contributed by atoms with E-state index in [-0.39, 0.29) is 30.8 Å². The Kier molecular flexibility index (Phi) is 7.72. The summed E-state index contributed by atoms with van der Waals surface area (Å²) in [6.45, 7) is 5.35. The molecule has 2 N–H and O–H groups in total. The van der Waals surface area contributed by atoms with Gasteiger partial charge in [0.1, 0.15) is 11.8 Å². The van der Waals surface area contributed by atoms with Crippen LogP contribution in [0.1, 0.15) is 19.8 Å². The number of nitrogens with zero attached hydrogens (tertiary/aromatic N) is 1. The van der Waals surface area contributed by atoms with Crippen LogP contribution in [0.15, 0.2) is 30.3 Å². The topological polar surface area (TPSA) is 70.7 Å². The van der Waals surface area contributed by atoms with E-state index in [9.17, 15) is 9.59 Å². The number of halogens is 1. The summed E-state index contributed by atoms with van der Waals surface area (Å²) in [7, 11) is 0. The number of ether oxygens (including phenoxy) is 1. The quantitative estimate of drug-likeness (QED) is 0.809.